The number of nitrogen functional groups attached to an aromatic ring is 1. The number of nitrogens with two attached hydrogens (primary N) is 1. The SMILES string of the molecule is Nc1ncc(CN(CCO)C2CCCC2)s1. The van der Waals surface area contributed by atoms with Gasteiger partial charge in [-0.1, -0.05) is 12.8 Å². The number of aliphatic hydroxyl groups excluding tert-OH is 1. The highest BCUT2D eigenvalue weighted by Gasteiger charge is 2.22. The third-order valence-corrected chi connectivity index (χ3v) is 3.97. The van der Waals surface area contributed by atoms with Crippen molar-refractivity contribution in [3.63, 3.8) is 0 Å². The molecule has 0 radical (unpaired) electrons. The molecular weight excluding hydrogens is 222 g/mol. The third kappa shape index (κ3) is 2.93. The second kappa shape index (κ2) is 5.61. The van der Waals surface area contributed by atoms with Crippen molar-refractivity contribution in [3.05, 3.63) is 11.1 Å². The predicted octanol–water partition coefficient (Wildman–Crippen LogP) is 1.46. The number of aliphatic hydroxyl groups is 1. The van der Waals surface area contributed by atoms with Crippen molar-refractivity contribution in [2.24, 2.45) is 0 Å². The maximum absolute atomic E-state index is 9.10. The Hall–Kier alpha value is -0.650. The lowest BCUT2D eigenvalue weighted by Gasteiger charge is -2.27. The van der Waals surface area contributed by atoms with Crippen molar-refractivity contribution >= 4 is 16.5 Å². The summed E-state index contributed by atoms with van der Waals surface area (Å²) < 4.78 is 0. The highest BCUT2D eigenvalue weighted by atomic mass is 32.1. The van der Waals surface area contributed by atoms with E-state index in [1.54, 1.807) is 11.3 Å². The Morgan fingerprint density at radius 2 is 2.25 bits per heavy atom. The smallest absolute Gasteiger partial charge is 0.180 e. The van der Waals surface area contributed by atoms with Gasteiger partial charge in [0.05, 0.1) is 6.61 Å². The molecule has 1 saturated carbocycles. The van der Waals surface area contributed by atoms with Crippen LogP contribution in [0.5, 0.6) is 0 Å². The number of anilines is 1. The summed E-state index contributed by atoms with van der Waals surface area (Å²) in [6, 6.07) is 0.635. The summed E-state index contributed by atoms with van der Waals surface area (Å²) in [6.07, 6.45) is 7.00. The fraction of sp³-hybridized carbons (Fsp3) is 0.727. The molecule has 1 aliphatic carbocycles. The van der Waals surface area contributed by atoms with Crippen LogP contribution in [0.25, 0.3) is 0 Å². The zero-order valence-electron chi connectivity index (χ0n) is 9.43. The van der Waals surface area contributed by atoms with Gasteiger partial charge < -0.3 is 10.8 Å². The van der Waals surface area contributed by atoms with Crippen molar-refractivity contribution < 1.29 is 5.11 Å². The van der Waals surface area contributed by atoms with Gasteiger partial charge in [0.2, 0.25) is 0 Å². The molecule has 0 saturated heterocycles. The highest BCUT2D eigenvalue weighted by molar-refractivity contribution is 7.15. The second-order valence-electron chi connectivity index (χ2n) is 4.30. The van der Waals surface area contributed by atoms with Gasteiger partial charge in [-0.2, -0.15) is 0 Å². The maximum atomic E-state index is 9.10. The van der Waals surface area contributed by atoms with Crippen LogP contribution in [0.1, 0.15) is 30.6 Å². The zero-order valence-corrected chi connectivity index (χ0v) is 10.2. The Morgan fingerprint density at radius 3 is 2.81 bits per heavy atom. The van der Waals surface area contributed by atoms with E-state index in [-0.39, 0.29) is 6.61 Å². The summed E-state index contributed by atoms with van der Waals surface area (Å²) in [6.45, 7) is 1.85. The van der Waals surface area contributed by atoms with Gasteiger partial charge >= 0.3 is 0 Å². The zero-order chi connectivity index (χ0) is 11.4. The van der Waals surface area contributed by atoms with E-state index in [4.69, 9.17) is 10.8 Å². The molecule has 0 amide bonds. The quantitative estimate of drug-likeness (QED) is 0.819. The molecule has 90 valence electrons. The minimum absolute atomic E-state index is 0.227. The molecule has 0 unspecified atom stereocenters. The average molecular weight is 241 g/mol. The van der Waals surface area contributed by atoms with Crippen LogP contribution in [0.2, 0.25) is 0 Å². The lowest BCUT2D eigenvalue weighted by molar-refractivity contribution is 0.146. The van der Waals surface area contributed by atoms with Gasteiger partial charge in [-0.05, 0) is 12.8 Å². The molecule has 1 aliphatic rings. The molecule has 0 spiro atoms. The standard InChI is InChI=1S/C11H19N3OS/c12-11-13-7-10(16-11)8-14(5-6-15)9-3-1-2-4-9/h7,9,15H,1-6,8H2,(H2,12,13). The number of thiazole rings is 1. The molecule has 1 heterocycles. The molecule has 16 heavy (non-hydrogen) atoms. The topological polar surface area (TPSA) is 62.4 Å². The monoisotopic (exact) mass is 241 g/mol. The largest absolute Gasteiger partial charge is 0.395 e. The van der Waals surface area contributed by atoms with Gasteiger partial charge in [0, 0.05) is 30.2 Å². The van der Waals surface area contributed by atoms with Crippen molar-refractivity contribution in [2.45, 2.75) is 38.3 Å². The van der Waals surface area contributed by atoms with Gasteiger partial charge in [-0.15, -0.1) is 11.3 Å². The van der Waals surface area contributed by atoms with Crippen LogP contribution in [-0.4, -0.2) is 34.2 Å². The number of aromatic nitrogens is 1. The molecule has 3 N–H and O–H groups in total. The van der Waals surface area contributed by atoms with E-state index in [9.17, 15) is 0 Å². The summed E-state index contributed by atoms with van der Waals surface area (Å²) in [5.41, 5.74) is 5.62. The van der Waals surface area contributed by atoms with Crippen LogP contribution in [0.3, 0.4) is 0 Å². The van der Waals surface area contributed by atoms with Crippen molar-refractivity contribution in [3.8, 4) is 0 Å². The van der Waals surface area contributed by atoms with E-state index >= 15 is 0 Å². The highest BCUT2D eigenvalue weighted by Crippen LogP contribution is 2.26. The number of hydrogen-bond donors (Lipinski definition) is 2. The molecule has 5 heteroatoms. The lowest BCUT2D eigenvalue weighted by atomic mass is 10.2. The Kier molecular flexibility index (Phi) is 4.15. The summed E-state index contributed by atoms with van der Waals surface area (Å²) in [4.78, 5) is 7.62. The fourth-order valence-electron chi connectivity index (χ4n) is 2.38. The Balaban J connectivity index is 1.96. The molecule has 1 aromatic rings. The first kappa shape index (κ1) is 11.8. The molecule has 4 nitrogen and oxygen atoms in total. The third-order valence-electron chi connectivity index (χ3n) is 3.16. The molecule has 1 aromatic heterocycles. The molecule has 0 bridgehead atoms. The van der Waals surface area contributed by atoms with Gasteiger partial charge in [-0.25, -0.2) is 4.98 Å². The number of nitrogens with zero attached hydrogens (tertiary/aromatic N) is 2. The van der Waals surface area contributed by atoms with E-state index in [1.807, 2.05) is 6.20 Å². The van der Waals surface area contributed by atoms with Gasteiger partial charge in [-0.3, -0.25) is 4.90 Å². The Bertz CT molecular complexity index is 323. The first-order valence-corrected chi connectivity index (χ1v) is 6.66. The molecule has 0 atom stereocenters. The van der Waals surface area contributed by atoms with Crippen molar-refractivity contribution in [2.75, 3.05) is 18.9 Å². The molecular formula is C11H19N3OS. The Morgan fingerprint density at radius 1 is 1.50 bits per heavy atom. The number of hydrogen-bond acceptors (Lipinski definition) is 5. The first-order chi connectivity index (χ1) is 7.79. The predicted molar refractivity (Wildman–Crippen MR) is 66.3 cm³/mol. The van der Waals surface area contributed by atoms with E-state index in [2.05, 4.69) is 9.88 Å². The minimum atomic E-state index is 0.227. The van der Waals surface area contributed by atoms with E-state index in [0.717, 1.165) is 13.1 Å². The van der Waals surface area contributed by atoms with Crippen LogP contribution >= 0.6 is 11.3 Å². The van der Waals surface area contributed by atoms with Crippen LogP contribution < -0.4 is 5.73 Å². The summed E-state index contributed by atoms with van der Waals surface area (Å²) >= 11 is 1.54. The van der Waals surface area contributed by atoms with Crippen LogP contribution in [0, 0.1) is 0 Å². The van der Waals surface area contributed by atoms with Gasteiger partial charge in [0.15, 0.2) is 5.13 Å². The molecule has 1 fully saturated rings. The summed E-state index contributed by atoms with van der Waals surface area (Å²) in [7, 11) is 0. The average Bonchev–Trinajstić information content (AvgIpc) is 2.88. The van der Waals surface area contributed by atoms with Crippen molar-refractivity contribution in [1.29, 1.82) is 0 Å². The Labute approximate surface area is 100 Å². The van der Waals surface area contributed by atoms with E-state index in [0.29, 0.717) is 11.2 Å². The van der Waals surface area contributed by atoms with E-state index in [1.165, 1.54) is 30.6 Å². The molecule has 2 rings (SSSR count). The van der Waals surface area contributed by atoms with Crippen LogP contribution in [-0.2, 0) is 6.54 Å². The van der Waals surface area contributed by atoms with Gasteiger partial charge in [0.1, 0.15) is 0 Å². The fourth-order valence-corrected chi connectivity index (χ4v) is 3.09. The normalized spacial score (nSPS) is 17.4. The number of rotatable bonds is 5. The minimum Gasteiger partial charge on any atom is -0.395 e. The molecule has 0 aromatic carbocycles. The van der Waals surface area contributed by atoms with Gasteiger partial charge in [0.25, 0.3) is 0 Å². The summed E-state index contributed by atoms with van der Waals surface area (Å²) in [5.74, 6) is 0. The maximum Gasteiger partial charge on any atom is 0.180 e. The second-order valence-corrected chi connectivity index (χ2v) is 5.44. The first-order valence-electron chi connectivity index (χ1n) is 5.84. The van der Waals surface area contributed by atoms with Crippen LogP contribution in [0.4, 0.5) is 5.13 Å². The lowest BCUT2D eigenvalue weighted by Crippen LogP contribution is -2.34. The van der Waals surface area contributed by atoms with E-state index < -0.39 is 0 Å². The van der Waals surface area contributed by atoms with Crippen molar-refractivity contribution in [1.82, 2.24) is 9.88 Å². The van der Waals surface area contributed by atoms with Crippen LogP contribution in [0.15, 0.2) is 6.20 Å². The summed E-state index contributed by atoms with van der Waals surface area (Å²) in [5, 5.41) is 9.73. The molecule has 0 aliphatic heterocycles.